The number of aromatic hydroxyl groups is 1. The number of phenols is 1. The zero-order valence-corrected chi connectivity index (χ0v) is 20.9. The number of aromatic nitrogens is 2. The number of pyridine rings is 2. The number of benzene rings is 3. The van der Waals surface area contributed by atoms with Gasteiger partial charge in [0, 0.05) is 27.7 Å². The number of carboxylic acid groups (broad SMARTS) is 2. The van der Waals surface area contributed by atoms with Crippen molar-refractivity contribution in [2.45, 2.75) is 13.8 Å². The minimum atomic E-state index is -1.36. The Hall–Kier alpha value is -4.47. The maximum absolute atomic E-state index is 10.7. The molecule has 8 nitrogen and oxygen atoms in total. The molecule has 0 amide bonds. The monoisotopic (exact) mass is 541 g/mol. The van der Waals surface area contributed by atoms with Gasteiger partial charge in [-0.25, -0.2) is 4.79 Å². The molecule has 0 aliphatic carbocycles. The van der Waals surface area contributed by atoms with Crippen LogP contribution in [0.3, 0.4) is 0 Å². The van der Waals surface area contributed by atoms with Crippen LogP contribution in [0.15, 0.2) is 84.9 Å². The van der Waals surface area contributed by atoms with Gasteiger partial charge in [0.15, 0.2) is 0 Å². The Bertz CT molecular complexity index is 1440. The fourth-order valence-electron chi connectivity index (χ4n) is 3.25. The summed E-state index contributed by atoms with van der Waals surface area (Å²) in [6.45, 7) is 4.02. The van der Waals surface area contributed by atoms with Crippen molar-refractivity contribution >= 4 is 33.7 Å². The number of carbonyl (C=O) groups excluding carboxylic acids is 1. The van der Waals surface area contributed by atoms with Crippen molar-refractivity contribution in [1.29, 1.82) is 0 Å². The smallest absolute Gasteiger partial charge is 0.872 e. The van der Waals surface area contributed by atoms with Crippen LogP contribution in [0.25, 0.3) is 21.8 Å². The molecule has 37 heavy (non-hydrogen) atoms. The van der Waals surface area contributed by atoms with E-state index in [0.717, 1.165) is 33.2 Å². The molecule has 5 rings (SSSR count). The van der Waals surface area contributed by atoms with E-state index in [1.807, 2.05) is 26.0 Å². The van der Waals surface area contributed by atoms with E-state index in [1.165, 1.54) is 42.5 Å². The topological polar surface area (TPSA) is 146 Å². The molecule has 9 heteroatoms. The van der Waals surface area contributed by atoms with E-state index < -0.39 is 17.7 Å². The molecule has 2 N–H and O–H groups in total. The van der Waals surface area contributed by atoms with Gasteiger partial charge in [-0.15, -0.1) is 0 Å². The Morgan fingerprint density at radius 3 is 1.51 bits per heavy atom. The first-order valence-electron chi connectivity index (χ1n) is 10.8. The van der Waals surface area contributed by atoms with Crippen molar-refractivity contribution in [3.8, 4) is 11.5 Å². The molecule has 0 aliphatic heterocycles. The molecule has 5 aromatic rings. The Morgan fingerprint density at radius 1 is 0.703 bits per heavy atom. The Labute approximate surface area is 223 Å². The molecule has 2 aromatic heterocycles. The summed E-state index contributed by atoms with van der Waals surface area (Å²) in [4.78, 5) is 29.5. The van der Waals surface area contributed by atoms with Gasteiger partial charge >= 0.3 is 22.7 Å². The van der Waals surface area contributed by atoms with Crippen LogP contribution in [-0.4, -0.2) is 32.1 Å². The average molecular weight is 541 g/mol. The maximum Gasteiger partial charge on any atom is 2.00 e. The minimum Gasteiger partial charge on any atom is -0.872 e. The number of hydrogen-bond acceptors (Lipinski definition) is 7. The van der Waals surface area contributed by atoms with Crippen LogP contribution in [0.5, 0.6) is 11.5 Å². The second kappa shape index (κ2) is 13.0. The summed E-state index contributed by atoms with van der Waals surface area (Å²) in [7, 11) is 0. The van der Waals surface area contributed by atoms with E-state index in [2.05, 4.69) is 34.2 Å². The fraction of sp³-hybridized carbons (Fsp3) is 0.0714. The predicted octanol–water partition coefficient (Wildman–Crippen LogP) is 3.61. The van der Waals surface area contributed by atoms with Gasteiger partial charge < -0.3 is 25.2 Å². The molecule has 189 valence electrons. The van der Waals surface area contributed by atoms with Gasteiger partial charge in [-0.05, 0) is 44.2 Å². The molecule has 0 bridgehead atoms. The third-order valence-electron chi connectivity index (χ3n) is 5.04. The molecule has 0 saturated heterocycles. The first-order valence-corrected chi connectivity index (χ1v) is 10.8. The number of aromatic carboxylic acids is 2. The summed E-state index contributed by atoms with van der Waals surface area (Å²) >= 11 is 0. The summed E-state index contributed by atoms with van der Waals surface area (Å²) < 4.78 is 0. The van der Waals surface area contributed by atoms with Gasteiger partial charge in [0.25, 0.3) is 0 Å². The molecule has 0 aliphatic rings. The molecule has 2 heterocycles. The van der Waals surface area contributed by atoms with Crippen LogP contribution in [0, 0.1) is 13.8 Å². The zero-order chi connectivity index (χ0) is 26.2. The van der Waals surface area contributed by atoms with Crippen molar-refractivity contribution in [3.63, 3.8) is 0 Å². The van der Waals surface area contributed by atoms with Crippen molar-refractivity contribution < 1.29 is 46.8 Å². The molecule has 0 fully saturated rings. The Kier molecular flexibility index (Phi) is 10.1. The van der Waals surface area contributed by atoms with Crippen molar-refractivity contribution in [2.24, 2.45) is 0 Å². The number of carboxylic acids is 2. The first-order chi connectivity index (χ1) is 17.2. The van der Waals surface area contributed by atoms with Gasteiger partial charge in [-0.2, -0.15) is 0 Å². The van der Waals surface area contributed by atoms with Gasteiger partial charge in [-0.1, -0.05) is 60.3 Å². The molecular weight excluding hydrogens is 519 g/mol. The Morgan fingerprint density at radius 2 is 1.14 bits per heavy atom. The molecule has 0 atom stereocenters. The van der Waals surface area contributed by atoms with Gasteiger partial charge in [0.1, 0.15) is 5.75 Å². The Balaban J connectivity index is 0.000000202. The maximum atomic E-state index is 10.7. The van der Waals surface area contributed by atoms with Crippen LogP contribution in [0.1, 0.15) is 32.1 Å². The number of nitrogens with zero attached hydrogens (tertiary/aromatic N) is 2. The number of hydrogen-bond donors (Lipinski definition) is 2. The first kappa shape index (κ1) is 28.8. The third-order valence-corrected chi connectivity index (χ3v) is 5.04. The molecule has 0 saturated carbocycles. The van der Waals surface area contributed by atoms with Crippen LogP contribution < -0.4 is 10.2 Å². The van der Waals surface area contributed by atoms with Gasteiger partial charge in [-0.3, -0.25) is 9.97 Å². The van der Waals surface area contributed by atoms with E-state index in [1.54, 1.807) is 6.07 Å². The van der Waals surface area contributed by atoms with Gasteiger partial charge in [0.2, 0.25) is 0 Å². The van der Waals surface area contributed by atoms with Crippen molar-refractivity contribution in [3.05, 3.63) is 107 Å². The molecule has 0 unspecified atom stereocenters. The molecule has 3 aromatic carbocycles. The van der Waals surface area contributed by atoms with E-state index >= 15 is 0 Å². The second-order valence-electron chi connectivity index (χ2n) is 7.72. The standard InChI is InChI=1S/C14H12N2.2C7H6O3.Co/c1-9-3-5-11-7-8-12-6-4-10(2)16-14(12)13(11)15-9;2*8-6-4-2-1-3-5(6)7(9)10;/h3-8H,1-2H3;2*1-4,8H,(H,9,10);/q;;;+2/p-2. The molecule has 0 spiro atoms. The van der Waals surface area contributed by atoms with Gasteiger partial charge in [0.05, 0.1) is 22.6 Å². The van der Waals surface area contributed by atoms with E-state index in [0.29, 0.717) is 0 Å². The predicted molar refractivity (Wildman–Crippen MR) is 132 cm³/mol. The zero-order valence-electron chi connectivity index (χ0n) is 19.8. The molecule has 1 radical (unpaired) electrons. The quantitative estimate of drug-likeness (QED) is 0.322. The van der Waals surface area contributed by atoms with Crippen LogP contribution in [0.2, 0.25) is 0 Å². The largest absolute Gasteiger partial charge is 2.00 e. The molecular formula is C28H22CoN2O6. The number of para-hydroxylation sites is 2. The third kappa shape index (κ3) is 7.50. The summed E-state index contributed by atoms with van der Waals surface area (Å²) in [5.41, 5.74) is 3.71. The SMILES string of the molecule is Cc1ccc2ccc3ccc(C)nc3c2n1.O=C(O)c1ccccc1[O-].O=C([O-])c1ccccc1O.[Co+2]. The van der Waals surface area contributed by atoms with E-state index in [4.69, 9.17) is 10.2 Å². The minimum absolute atomic E-state index is 0. The fourth-order valence-corrected chi connectivity index (χ4v) is 3.25. The summed E-state index contributed by atoms with van der Waals surface area (Å²) in [5, 5.41) is 40.4. The van der Waals surface area contributed by atoms with Crippen molar-refractivity contribution in [2.75, 3.05) is 0 Å². The number of aryl methyl sites for hydroxylation is 2. The van der Waals surface area contributed by atoms with Crippen LogP contribution in [0.4, 0.5) is 0 Å². The second-order valence-corrected chi connectivity index (χ2v) is 7.72. The average Bonchev–Trinajstić information content (AvgIpc) is 2.85. The number of rotatable bonds is 2. The number of carbonyl (C=O) groups is 2. The summed E-state index contributed by atoms with van der Waals surface area (Å²) in [6.07, 6.45) is 0. The van der Waals surface area contributed by atoms with E-state index in [-0.39, 0.29) is 33.7 Å². The normalized spacial score (nSPS) is 9.78. The van der Waals surface area contributed by atoms with Crippen LogP contribution >= 0.6 is 0 Å². The van der Waals surface area contributed by atoms with Crippen LogP contribution in [-0.2, 0) is 16.8 Å². The summed E-state index contributed by atoms with van der Waals surface area (Å²) in [6, 6.07) is 23.6. The number of fused-ring (bicyclic) bond motifs is 3. The van der Waals surface area contributed by atoms with Crippen molar-refractivity contribution in [1.82, 2.24) is 9.97 Å². The summed E-state index contributed by atoms with van der Waals surface area (Å²) in [5.74, 6) is -3.25. The van der Waals surface area contributed by atoms with E-state index in [9.17, 15) is 19.8 Å².